The number of nitrogens with zero attached hydrogens (tertiary/aromatic N) is 2. The summed E-state index contributed by atoms with van der Waals surface area (Å²) < 4.78 is 2.11. The predicted octanol–water partition coefficient (Wildman–Crippen LogP) is 3.39. The molecule has 1 N–H and O–H groups in total. The smallest absolute Gasteiger partial charge is 0.0746 e. The molecule has 20 heavy (non-hydrogen) atoms. The van der Waals surface area contributed by atoms with Gasteiger partial charge in [-0.1, -0.05) is 36.2 Å². The fourth-order valence-corrected chi connectivity index (χ4v) is 2.81. The van der Waals surface area contributed by atoms with Crippen LogP contribution in [0, 0.1) is 13.8 Å². The second kappa shape index (κ2) is 6.23. The number of rotatable bonds is 5. The van der Waals surface area contributed by atoms with E-state index in [-0.39, 0.29) is 6.04 Å². The van der Waals surface area contributed by atoms with E-state index in [1.54, 1.807) is 0 Å². The summed E-state index contributed by atoms with van der Waals surface area (Å²) in [7, 11) is 2.01. The van der Waals surface area contributed by atoms with Gasteiger partial charge in [-0.25, -0.2) is 0 Å². The highest BCUT2D eigenvalue weighted by Gasteiger charge is 2.18. The third kappa shape index (κ3) is 2.93. The normalized spacial score (nSPS) is 12.7. The van der Waals surface area contributed by atoms with Crippen molar-refractivity contribution in [2.45, 2.75) is 46.7 Å². The Balaban J connectivity index is 2.48. The zero-order valence-corrected chi connectivity index (χ0v) is 13.2. The van der Waals surface area contributed by atoms with Crippen molar-refractivity contribution >= 4 is 0 Å². The lowest BCUT2D eigenvalue weighted by atomic mass is 9.99. The van der Waals surface area contributed by atoms with E-state index in [4.69, 9.17) is 0 Å². The van der Waals surface area contributed by atoms with E-state index in [0.717, 1.165) is 18.7 Å². The van der Waals surface area contributed by atoms with Crippen molar-refractivity contribution in [1.82, 2.24) is 15.1 Å². The lowest BCUT2D eigenvalue weighted by molar-refractivity contribution is 0.560. The molecular weight excluding hydrogens is 246 g/mol. The molecule has 3 nitrogen and oxygen atoms in total. The minimum atomic E-state index is 0.196. The van der Waals surface area contributed by atoms with Gasteiger partial charge < -0.3 is 5.32 Å². The standard InChI is InChI=1S/C17H25N3/c1-6-15-11-16(20(7-2)19-15)17(18-5)14-9-12(3)8-13(4)10-14/h8-11,17-18H,6-7H2,1-5H3. The maximum absolute atomic E-state index is 4.66. The van der Waals surface area contributed by atoms with Gasteiger partial charge in [0.25, 0.3) is 0 Å². The van der Waals surface area contributed by atoms with Crippen molar-refractivity contribution in [1.29, 1.82) is 0 Å². The number of aromatic nitrogens is 2. The highest BCUT2D eigenvalue weighted by molar-refractivity contribution is 5.35. The summed E-state index contributed by atoms with van der Waals surface area (Å²) in [5.41, 5.74) is 6.32. The lowest BCUT2D eigenvalue weighted by Crippen LogP contribution is -2.21. The number of benzene rings is 1. The lowest BCUT2D eigenvalue weighted by Gasteiger charge is -2.19. The molecule has 0 fully saturated rings. The van der Waals surface area contributed by atoms with Gasteiger partial charge in [0.1, 0.15) is 0 Å². The Kier molecular flexibility index (Phi) is 4.61. The first kappa shape index (κ1) is 14.8. The molecule has 108 valence electrons. The van der Waals surface area contributed by atoms with Crippen LogP contribution in [0.15, 0.2) is 24.3 Å². The molecule has 0 bridgehead atoms. The molecule has 3 heteroatoms. The van der Waals surface area contributed by atoms with Gasteiger partial charge in [-0.15, -0.1) is 0 Å². The molecular formula is C17H25N3. The van der Waals surface area contributed by atoms with Crippen molar-refractivity contribution in [3.63, 3.8) is 0 Å². The monoisotopic (exact) mass is 271 g/mol. The quantitative estimate of drug-likeness (QED) is 0.903. The summed E-state index contributed by atoms with van der Waals surface area (Å²) in [5, 5.41) is 8.10. The van der Waals surface area contributed by atoms with E-state index in [9.17, 15) is 0 Å². The van der Waals surface area contributed by atoms with Gasteiger partial charge in [0.2, 0.25) is 0 Å². The summed E-state index contributed by atoms with van der Waals surface area (Å²) in [5.74, 6) is 0. The van der Waals surface area contributed by atoms with Crippen molar-refractivity contribution in [2.75, 3.05) is 7.05 Å². The van der Waals surface area contributed by atoms with Crippen LogP contribution in [0.3, 0.4) is 0 Å². The second-order valence-electron chi connectivity index (χ2n) is 5.37. The van der Waals surface area contributed by atoms with Gasteiger partial charge in [0.05, 0.1) is 17.4 Å². The van der Waals surface area contributed by atoms with Gasteiger partial charge in [0.15, 0.2) is 0 Å². The predicted molar refractivity (Wildman–Crippen MR) is 84.1 cm³/mol. The fraction of sp³-hybridized carbons (Fsp3) is 0.471. The van der Waals surface area contributed by atoms with E-state index >= 15 is 0 Å². The summed E-state index contributed by atoms with van der Waals surface area (Å²) in [6.07, 6.45) is 0.975. The summed E-state index contributed by atoms with van der Waals surface area (Å²) in [6.45, 7) is 9.50. The topological polar surface area (TPSA) is 29.9 Å². The van der Waals surface area contributed by atoms with Crippen LogP contribution >= 0.6 is 0 Å². The first-order valence-corrected chi connectivity index (χ1v) is 7.41. The Morgan fingerprint density at radius 1 is 1.10 bits per heavy atom. The molecule has 0 aliphatic heterocycles. The van der Waals surface area contributed by atoms with Crippen LogP contribution < -0.4 is 5.32 Å². The van der Waals surface area contributed by atoms with Crippen LogP contribution in [0.2, 0.25) is 0 Å². The van der Waals surface area contributed by atoms with Crippen LogP contribution in [0.4, 0.5) is 0 Å². The third-order valence-electron chi connectivity index (χ3n) is 3.69. The molecule has 0 saturated heterocycles. The Morgan fingerprint density at radius 3 is 2.25 bits per heavy atom. The van der Waals surface area contributed by atoms with E-state index in [1.807, 2.05) is 7.05 Å². The number of aryl methyl sites for hydroxylation is 4. The Bertz CT molecular complexity index is 564. The van der Waals surface area contributed by atoms with Gasteiger partial charge in [-0.05, 0) is 45.9 Å². The van der Waals surface area contributed by atoms with Gasteiger partial charge in [-0.2, -0.15) is 5.10 Å². The number of nitrogens with one attached hydrogen (secondary N) is 1. The zero-order chi connectivity index (χ0) is 14.7. The molecule has 2 rings (SSSR count). The average molecular weight is 271 g/mol. The van der Waals surface area contributed by atoms with E-state index in [2.05, 4.69) is 67.1 Å². The number of hydrogen-bond acceptors (Lipinski definition) is 2. The van der Waals surface area contributed by atoms with Crippen LogP contribution in [-0.2, 0) is 13.0 Å². The Hall–Kier alpha value is -1.61. The third-order valence-corrected chi connectivity index (χ3v) is 3.69. The highest BCUT2D eigenvalue weighted by Crippen LogP contribution is 2.24. The van der Waals surface area contributed by atoms with Crippen molar-refractivity contribution in [3.8, 4) is 0 Å². The van der Waals surface area contributed by atoms with E-state index < -0.39 is 0 Å². The average Bonchev–Trinajstić information content (AvgIpc) is 2.82. The van der Waals surface area contributed by atoms with E-state index in [0.29, 0.717) is 0 Å². The summed E-state index contributed by atoms with van der Waals surface area (Å²) in [6, 6.07) is 9.15. The maximum Gasteiger partial charge on any atom is 0.0746 e. The Labute approximate surface area is 122 Å². The van der Waals surface area contributed by atoms with Crippen molar-refractivity contribution in [2.24, 2.45) is 0 Å². The first-order chi connectivity index (χ1) is 9.58. The molecule has 0 spiro atoms. The molecule has 1 unspecified atom stereocenters. The van der Waals surface area contributed by atoms with Crippen LogP contribution in [0.25, 0.3) is 0 Å². The fourth-order valence-electron chi connectivity index (χ4n) is 2.81. The SMILES string of the molecule is CCc1cc(C(NC)c2cc(C)cc(C)c2)n(CC)n1. The highest BCUT2D eigenvalue weighted by atomic mass is 15.3. The van der Waals surface area contributed by atoms with Gasteiger partial charge >= 0.3 is 0 Å². The van der Waals surface area contributed by atoms with Crippen LogP contribution in [0.1, 0.15) is 48.0 Å². The van der Waals surface area contributed by atoms with Crippen molar-refractivity contribution in [3.05, 3.63) is 52.3 Å². The molecule has 0 saturated carbocycles. The molecule has 0 aliphatic rings. The van der Waals surface area contributed by atoms with Gasteiger partial charge in [0, 0.05) is 6.54 Å². The second-order valence-corrected chi connectivity index (χ2v) is 5.37. The Morgan fingerprint density at radius 2 is 1.75 bits per heavy atom. The molecule has 0 amide bonds. The zero-order valence-electron chi connectivity index (χ0n) is 13.2. The molecule has 1 aromatic heterocycles. The van der Waals surface area contributed by atoms with Crippen LogP contribution in [0.5, 0.6) is 0 Å². The summed E-state index contributed by atoms with van der Waals surface area (Å²) in [4.78, 5) is 0. The van der Waals surface area contributed by atoms with Crippen LogP contribution in [-0.4, -0.2) is 16.8 Å². The maximum atomic E-state index is 4.66. The molecule has 0 radical (unpaired) electrons. The molecule has 0 aliphatic carbocycles. The van der Waals surface area contributed by atoms with E-state index in [1.165, 1.54) is 22.4 Å². The molecule has 1 heterocycles. The molecule has 1 aromatic carbocycles. The molecule has 2 aromatic rings. The first-order valence-electron chi connectivity index (χ1n) is 7.41. The van der Waals surface area contributed by atoms with Gasteiger partial charge in [-0.3, -0.25) is 4.68 Å². The van der Waals surface area contributed by atoms with Crippen molar-refractivity contribution < 1.29 is 0 Å². The summed E-state index contributed by atoms with van der Waals surface area (Å²) >= 11 is 0. The largest absolute Gasteiger partial charge is 0.308 e. The minimum Gasteiger partial charge on any atom is -0.308 e. The molecule has 1 atom stereocenters. The number of hydrogen-bond donors (Lipinski definition) is 1. The minimum absolute atomic E-state index is 0.196.